The molecular weight excluding hydrogens is 298 g/mol. The van der Waals surface area contributed by atoms with Gasteiger partial charge in [0, 0.05) is 17.5 Å². The highest BCUT2D eigenvalue weighted by Gasteiger charge is 2.03. The molecule has 2 aromatic rings. The zero-order chi connectivity index (χ0) is 15.9. The Morgan fingerprint density at radius 1 is 1.32 bits per heavy atom. The number of hydrazone groups is 1. The van der Waals surface area contributed by atoms with Gasteiger partial charge in [0.25, 0.3) is 5.91 Å². The first-order valence-electron chi connectivity index (χ1n) is 6.97. The second kappa shape index (κ2) is 7.70. The Hall–Kier alpha value is -2.21. The van der Waals surface area contributed by atoms with Crippen molar-refractivity contribution < 1.29 is 9.53 Å². The van der Waals surface area contributed by atoms with Crippen molar-refractivity contribution in [1.82, 2.24) is 10.4 Å². The van der Waals surface area contributed by atoms with Crippen molar-refractivity contribution in [2.24, 2.45) is 5.10 Å². The van der Waals surface area contributed by atoms with Gasteiger partial charge in [-0.2, -0.15) is 5.10 Å². The molecule has 0 saturated carbocycles. The first-order chi connectivity index (χ1) is 10.5. The molecule has 0 spiro atoms. The lowest BCUT2D eigenvalue weighted by Gasteiger charge is -2.04. The van der Waals surface area contributed by atoms with E-state index >= 15 is 0 Å². The summed E-state index contributed by atoms with van der Waals surface area (Å²) in [7, 11) is 0. The molecule has 0 saturated heterocycles. The van der Waals surface area contributed by atoms with E-state index in [1.54, 1.807) is 17.6 Å². The Morgan fingerprint density at radius 2 is 2.05 bits per heavy atom. The molecule has 0 aliphatic heterocycles. The van der Waals surface area contributed by atoms with Crippen molar-refractivity contribution in [3.63, 3.8) is 0 Å². The van der Waals surface area contributed by atoms with Gasteiger partial charge in [0.05, 0.1) is 10.7 Å². The summed E-state index contributed by atoms with van der Waals surface area (Å²) in [6.45, 7) is 5.89. The fraction of sp³-hybridized carbons (Fsp3) is 0.312. The third-order valence-corrected chi connectivity index (χ3v) is 4.04. The molecule has 6 heteroatoms. The molecule has 0 fully saturated rings. The van der Waals surface area contributed by atoms with Crippen LogP contribution in [0.4, 0.5) is 0 Å². The van der Waals surface area contributed by atoms with Crippen LogP contribution in [-0.2, 0) is 11.2 Å². The van der Waals surface area contributed by atoms with Crippen LogP contribution in [0.25, 0.3) is 0 Å². The lowest BCUT2D eigenvalue weighted by Crippen LogP contribution is -2.24. The van der Waals surface area contributed by atoms with Gasteiger partial charge in [0.2, 0.25) is 0 Å². The number of benzene rings is 1. The van der Waals surface area contributed by atoms with Gasteiger partial charge in [0.1, 0.15) is 5.75 Å². The Balaban J connectivity index is 1.72. The van der Waals surface area contributed by atoms with E-state index in [4.69, 9.17) is 4.74 Å². The van der Waals surface area contributed by atoms with Crippen molar-refractivity contribution in [2.45, 2.75) is 27.2 Å². The molecule has 5 nitrogen and oxygen atoms in total. The number of aromatic nitrogens is 1. The van der Waals surface area contributed by atoms with Gasteiger partial charge < -0.3 is 4.74 Å². The summed E-state index contributed by atoms with van der Waals surface area (Å²) in [5.41, 5.74) is 4.62. The third kappa shape index (κ3) is 4.96. The summed E-state index contributed by atoms with van der Waals surface area (Å²) in [6, 6.07) is 7.54. The van der Waals surface area contributed by atoms with Crippen LogP contribution in [0.5, 0.6) is 5.75 Å². The Kier molecular flexibility index (Phi) is 5.66. The van der Waals surface area contributed by atoms with E-state index in [1.165, 1.54) is 0 Å². The number of ether oxygens (including phenoxy) is 1. The number of aryl methyl sites for hydroxylation is 3. The average Bonchev–Trinajstić information content (AvgIpc) is 2.81. The van der Waals surface area contributed by atoms with Crippen molar-refractivity contribution in [2.75, 3.05) is 6.61 Å². The zero-order valence-electron chi connectivity index (χ0n) is 12.9. The maximum Gasteiger partial charge on any atom is 0.277 e. The molecule has 0 unspecified atom stereocenters. The summed E-state index contributed by atoms with van der Waals surface area (Å²) >= 11 is 1.64. The molecule has 0 atom stereocenters. The highest BCUT2D eigenvalue weighted by Crippen LogP contribution is 2.16. The average molecular weight is 317 g/mol. The van der Waals surface area contributed by atoms with Crippen LogP contribution < -0.4 is 10.2 Å². The van der Waals surface area contributed by atoms with Crippen molar-refractivity contribution in [3.8, 4) is 5.75 Å². The highest BCUT2D eigenvalue weighted by molar-refractivity contribution is 7.11. The fourth-order valence-electron chi connectivity index (χ4n) is 1.82. The van der Waals surface area contributed by atoms with Crippen molar-refractivity contribution >= 4 is 23.5 Å². The number of nitrogens with zero attached hydrogens (tertiary/aromatic N) is 2. The van der Waals surface area contributed by atoms with E-state index in [1.807, 2.05) is 45.0 Å². The highest BCUT2D eigenvalue weighted by atomic mass is 32.1. The van der Waals surface area contributed by atoms with Gasteiger partial charge in [-0.05, 0) is 32.9 Å². The molecule has 1 N–H and O–H groups in total. The maximum absolute atomic E-state index is 11.6. The molecule has 22 heavy (non-hydrogen) atoms. The summed E-state index contributed by atoms with van der Waals surface area (Å²) in [6.07, 6.45) is 2.33. The van der Waals surface area contributed by atoms with Crippen molar-refractivity contribution in [1.29, 1.82) is 0 Å². The molecule has 1 aromatic heterocycles. The van der Waals surface area contributed by atoms with Gasteiger partial charge in [-0.3, -0.25) is 4.79 Å². The number of nitrogens with one attached hydrogen (secondary N) is 1. The second-order valence-electron chi connectivity index (χ2n) is 4.89. The van der Waals surface area contributed by atoms with Crippen LogP contribution in [0.3, 0.4) is 0 Å². The van der Waals surface area contributed by atoms with Gasteiger partial charge in [-0.1, -0.05) is 17.7 Å². The summed E-state index contributed by atoms with van der Waals surface area (Å²) in [5, 5.41) is 4.96. The summed E-state index contributed by atoms with van der Waals surface area (Å²) < 4.78 is 5.37. The van der Waals surface area contributed by atoms with Gasteiger partial charge in [0.15, 0.2) is 6.61 Å². The minimum absolute atomic E-state index is 0.0565. The molecule has 0 aliphatic carbocycles. The lowest BCUT2D eigenvalue weighted by molar-refractivity contribution is -0.123. The van der Waals surface area contributed by atoms with Gasteiger partial charge in [-0.25, -0.2) is 10.4 Å². The first kappa shape index (κ1) is 16.2. The molecule has 1 amide bonds. The monoisotopic (exact) mass is 317 g/mol. The van der Waals surface area contributed by atoms with E-state index in [-0.39, 0.29) is 12.5 Å². The van der Waals surface area contributed by atoms with Crippen LogP contribution in [-0.4, -0.2) is 23.7 Å². The Bertz CT molecular complexity index is 663. The smallest absolute Gasteiger partial charge is 0.277 e. The minimum atomic E-state index is -0.283. The predicted molar refractivity (Wildman–Crippen MR) is 88.6 cm³/mol. The standard InChI is InChI=1S/C16H19N3O2S/c1-11-4-6-14(7-5-11)21-10-16(20)19-17-9-8-15-12(2)18-13(3)22-15/h4-7,9H,8,10H2,1-3H3,(H,19,20). The number of hydrogen-bond acceptors (Lipinski definition) is 5. The van der Waals surface area contributed by atoms with E-state index in [2.05, 4.69) is 15.5 Å². The minimum Gasteiger partial charge on any atom is -0.484 e. The fourth-order valence-corrected chi connectivity index (χ4v) is 2.72. The topological polar surface area (TPSA) is 63.6 Å². The van der Waals surface area contributed by atoms with E-state index < -0.39 is 0 Å². The molecule has 0 radical (unpaired) electrons. The second-order valence-corrected chi connectivity index (χ2v) is 6.18. The van der Waals surface area contributed by atoms with Crippen LogP contribution in [0.15, 0.2) is 29.4 Å². The number of hydrogen-bond donors (Lipinski definition) is 1. The molecule has 1 heterocycles. The first-order valence-corrected chi connectivity index (χ1v) is 7.79. The van der Waals surface area contributed by atoms with Crippen LogP contribution in [0.2, 0.25) is 0 Å². The SMILES string of the molecule is Cc1ccc(OCC(=O)NN=CCc2sc(C)nc2C)cc1. The summed E-state index contributed by atoms with van der Waals surface area (Å²) in [4.78, 5) is 17.1. The van der Waals surface area contributed by atoms with Crippen LogP contribution in [0.1, 0.15) is 21.1 Å². The van der Waals surface area contributed by atoms with E-state index in [0.717, 1.165) is 21.1 Å². The Morgan fingerprint density at radius 3 is 2.68 bits per heavy atom. The van der Waals surface area contributed by atoms with E-state index in [0.29, 0.717) is 12.2 Å². The lowest BCUT2D eigenvalue weighted by atomic mass is 10.2. The number of carbonyl (C=O) groups excluding carboxylic acids is 1. The molecule has 0 aliphatic rings. The van der Waals surface area contributed by atoms with Crippen LogP contribution >= 0.6 is 11.3 Å². The van der Waals surface area contributed by atoms with Gasteiger partial charge in [-0.15, -0.1) is 11.3 Å². The van der Waals surface area contributed by atoms with E-state index in [9.17, 15) is 4.79 Å². The molecule has 0 bridgehead atoms. The maximum atomic E-state index is 11.6. The predicted octanol–water partition coefficient (Wildman–Crippen LogP) is 2.79. The zero-order valence-corrected chi connectivity index (χ0v) is 13.7. The number of rotatable bonds is 6. The molecule has 116 valence electrons. The number of thiazole rings is 1. The largest absolute Gasteiger partial charge is 0.484 e. The quantitative estimate of drug-likeness (QED) is 0.658. The van der Waals surface area contributed by atoms with Gasteiger partial charge >= 0.3 is 0 Å². The number of carbonyl (C=O) groups is 1. The third-order valence-electron chi connectivity index (χ3n) is 2.95. The Labute approximate surface area is 134 Å². The number of amides is 1. The summed E-state index contributed by atoms with van der Waals surface area (Å²) in [5.74, 6) is 0.384. The normalized spacial score (nSPS) is 10.9. The van der Waals surface area contributed by atoms with Crippen LogP contribution in [0, 0.1) is 20.8 Å². The molecule has 1 aromatic carbocycles. The molecular formula is C16H19N3O2S. The molecule has 2 rings (SSSR count). The van der Waals surface area contributed by atoms with Crippen molar-refractivity contribution in [3.05, 3.63) is 45.4 Å².